The first-order valence-corrected chi connectivity index (χ1v) is 9.69. The zero-order valence-electron chi connectivity index (χ0n) is 13.6. The molecule has 0 aromatic heterocycles. The van der Waals surface area contributed by atoms with Gasteiger partial charge in [0.05, 0.1) is 17.3 Å². The monoisotopic (exact) mass is 452 g/mol. The molecule has 2 N–H and O–H groups in total. The van der Waals surface area contributed by atoms with E-state index in [1.807, 2.05) is 0 Å². The van der Waals surface area contributed by atoms with Crippen molar-refractivity contribution in [2.75, 3.05) is 17.8 Å². The molecule has 0 saturated carbocycles. The van der Waals surface area contributed by atoms with Gasteiger partial charge in [0.15, 0.2) is 10.2 Å². The molecule has 0 aliphatic rings. The van der Waals surface area contributed by atoms with Crippen molar-refractivity contribution in [3.8, 4) is 0 Å². The average molecular weight is 455 g/mol. The number of nitrogens with one attached hydrogen (secondary N) is 2. The average Bonchev–Trinajstić information content (AvgIpc) is 2.42. The third kappa shape index (κ3) is 12.3. The molecule has 0 saturated heterocycles. The predicted molar refractivity (Wildman–Crippen MR) is 99.0 cm³/mol. The number of rotatable bonds is 10. The third-order valence-electron chi connectivity index (χ3n) is 2.66. The highest BCUT2D eigenvalue weighted by molar-refractivity contribution is 9.09. The number of amides is 1. The Morgan fingerprint density at radius 1 is 1.22 bits per heavy atom. The summed E-state index contributed by atoms with van der Waals surface area (Å²) in [7, 11) is 0. The zero-order chi connectivity index (χ0) is 18.1. The van der Waals surface area contributed by atoms with Gasteiger partial charge >= 0.3 is 6.09 Å². The summed E-state index contributed by atoms with van der Waals surface area (Å²) >= 11 is 20.7. The van der Waals surface area contributed by atoms with Crippen molar-refractivity contribution < 1.29 is 14.3 Å². The summed E-state index contributed by atoms with van der Waals surface area (Å²) in [4.78, 5) is 23.4. The lowest BCUT2D eigenvalue weighted by Gasteiger charge is -2.25. The first-order valence-electron chi connectivity index (χ1n) is 7.28. The topological polar surface area (TPSA) is 67.4 Å². The molecule has 136 valence electrons. The molecular weight excluding hydrogens is 430 g/mol. The van der Waals surface area contributed by atoms with E-state index in [9.17, 15) is 9.59 Å². The maximum atomic E-state index is 11.9. The number of alkyl carbamates (subject to hydrolysis) is 1. The third-order valence-corrected chi connectivity index (χ3v) is 4.37. The number of alkyl halides is 4. The summed E-state index contributed by atoms with van der Waals surface area (Å²) in [6, 6.07) is -0.496. The van der Waals surface area contributed by atoms with Crippen LogP contribution >= 0.6 is 50.7 Å². The zero-order valence-corrected chi connectivity index (χ0v) is 17.4. The van der Waals surface area contributed by atoms with Crippen molar-refractivity contribution in [2.24, 2.45) is 0 Å². The van der Waals surface area contributed by atoms with Crippen LogP contribution in [0.5, 0.6) is 0 Å². The van der Waals surface area contributed by atoms with Crippen LogP contribution in [0.25, 0.3) is 0 Å². The lowest BCUT2D eigenvalue weighted by Crippen LogP contribution is -2.48. The van der Waals surface area contributed by atoms with E-state index in [2.05, 4.69) is 26.6 Å². The summed E-state index contributed by atoms with van der Waals surface area (Å²) in [5.74, 6) is -0.0940. The van der Waals surface area contributed by atoms with Gasteiger partial charge < -0.3 is 10.1 Å². The lowest BCUT2D eigenvalue weighted by atomic mass is 10.1. The Kier molecular flexibility index (Phi) is 11.1. The lowest BCUT2D eigenvalue weighted by molar-refractivity contribution is -0.118. The second-order valence-electron chi connectivity index (χ2n) is 6.06. The highest BCUT2D eigenvalue weighted by Crippen LogP contribution is 2.21. The van der Waals surface area contributed by atoms with Crippen LogP contribution in [-0.4, -0.2) is 45.7 Å². The second kappa shape index (κ2) is 11.0. The number of hydrogen-bond donors (Lipinski definition) is 2. The molecule has 0 rings (SSSR count). The molecule has 23 heavy (non-hydrogen) atoms. The van der Waals surface area contributed by atoms with Crippen LogP contribution in [0.4, 0.5) is 4.79 Å². The van der Waals surface area contributed by atoms with E-state index in [0.717, 1.165) is 0 Å². The molecule has 1 amide bonds. The summed E-state index contributed by atoms with van der Waals surface area (Å²) in [5, 5.41) is 5.70. The van der Waals surface area contributed by atoms with E-state index in [4.69, 9.17) is 39.5 Å². The van der Waals surface area contributed by atoms with Crippen molar-refractivity contribution in [1.29, 1.82) is 0 Å². The molecule has 0 aliphatic carbocycles. The molecule has 0 spiro atoms. The number of ketones is 1. The van der Waals surface area contributed by atoms with Crippen LogP contribution in [0.3, 0.4) is 0 Å². The predicted octanol–water partition coefficient (Wildman–Crippen LogP) is 3.97. The summed E-state index contributed by atoms with van der Waals surface area (Å²) in [5.41, 5.74) is -0.521. The summed E-state index contributed by atoms with van der Waals surface area (Å²) < 4.78 is 3.78. The van der Waals surface area contributed by atoms with Crippen molar-refractivity contribution >= 4 is 62.6 Å². The van der Waals surface area contributed by atoms with E-state index < -0.39 is 22.2 Å². The highest BCUT2D eigenvalue weighted by Gasteiger charge is 2.29. The van der Waals surface area contributed by atoms with Gasteiger partial charge in [0.1, 0.15) is 5.60 Å². The molecule has 5 nitrogen and oxygen atoms in total. The normalized spacial score (nSPS) is 13.5. The SMILES string of the molecule is CC(C)(C)OC(=O)NCCCC[C@H](NC(Cl)(Cl)CCl)C(=O)CBr. The fourth-order valence-corrected chi connectivity index (χ4v) is 2.41. The minimum atomic E-state index is -1.35. The fraction of sp³-hybridized carbons (Fsp3) is 0.857. The van der Waals surface area contributed by atoms with Gasteiger partial charge in [-0.1, -0.05) is 39.1 Å². The maximum Gasteiger partial charge on any atom is 0.407 e. The van der Waals surface area contributed by atoms with Crippen LogP contribution in [0, 0.1) is 0 Å². The Hall–Kier alpha value is 0.250. The minimum Gasteiger partial charge on any atom is -0.444 e. The Balaban J connectivity index is 4.14. The molecule has 0 fully saturated rings. The van der Waals surface area contributed by atoms with Gasteiger partial charge in [-0.25, -0.2) is 4.79 Å². The molecule has 0 bridgehead atoms. The van der Waals surface area contributed by atoms with E-state index >= 15 is 0 Å². The fourth-order valence-electron chi connectivity index (χ4n) is 1.68. The van der Waals surface area contributed by atoms with Gasteiger partial charge in [-0.3, -0.25) is 10.1 Å². The van der Waals surface area contributed by atoms with Crippen LogP contribution in [0.15, 0.2) is 0 Å². The number of hydrogen-bond acceptors (Lipinski definition) is 4. The number of Topliss-reactive ketones (excluding diaryl/α,β-unsaturated/α-hetero) is 1. The van der Waals surface area contributed by atoms with E-state index in [1.54, 1.807) is 20.8 Å². The number of carbonyl (C=O) groups is 2. The molecular formula is C14H24BrCl3N2O3. The first kappa shape index (κ1) is 23.2. The highest BCUT2D eigenvalue weighted by atomic mass is 79.9. The molecule has 0 radical (unpaired) electrons. The van der Waals surface area contributed by atoms with Gasteiger partial charge in [-0.05, 0) is 40.0 Å². The van der Waals surface area contributed by atoms with Gasteiger partial charge in [0, 0.05) is 6.54 Å². The first-order chi connectivity index (χ1) is 10.5. The van der Waals surface area contributed by atoms with Crippen molar-refractivity contribution in [3.05, 3.63) is 0 Å². The Morgan fingerprint density at radius 2 is 1.83 bits per heavy atom. The van der Waals surface area contributed by atoms with E-state index in [-0.39, 0.29) is 17.0 Å². The quantitative estimate of drug-likeness (QED) is 0.298. The van der Waals surface area contributed by atoms with Crippen molar-refractivity contribution in [1.82, 2.24) is 10.6 Å². The van der Waals surface area contributed by atoms with Gasteiger partial charge in [0.25, 0.3) is 0 Å². The van der Waals surface area contributed by atoms with E-state index in [0.29, 0.717) is 25.8 Å². The number of carbonyl (C=O) groups excluding carboxylic acids is 2. The standard InChI is InChI=1S/C14H24BrCl3N2O3/c1-13(2,3)23-12(22)19-7-5-4-6-10(11(21)8-15)20-14(17,18)9-16/h10,20H,4-9H2,1-3H3,(H,19,22)/t10-/m0/s1. The van der Waals surface area contributed by atoms with Crippen molar-refractivity contribution in [2.45, 2.75) is 56.1 Å². The van der Waals surface area contributed by atoms with Crippen LogP contribution in [0.2, 0.25) is 0 Å². The maximum absolute atomic E-state index is 11.9. The molecule has 9 heteroatoms. The Bertz CT molecular complexity index is 390. The molecule has 0 aromatic carbocycles. The van der Waals surface area contributed by atoms with Gasteiger partial charge in [0.2, 0.25) is 0 Å². The van der Waals surface area contributed by atoms with Crippen LogP contribution < -0.4 is 10.6 Å². The number of halogens is 4. The number of unbranched alkanes of at least 4 members (excludes halogenated alkanes) is 1. The minimum absolute atomic E-state index is 0.0393. The second-order valence-corrected chi connectivity index (χ2v) is 8.37. The Morgan fingerprint density at radius 3 is 2.30 bits per heavy atom. The number of ether oxygens (including phenoxy) is 1. The van der Waals surface area contributed by atoms with E-state index in [1.165, 1.54) is 0 Å². The Labute approximate surface area is 161 Å². The summed E-state index contributed by atoms with van der Waals surface area (Å²) in [6.07, 6.45) is 1.49. The summed E-state index contributed by atoms with van der Waals surface area (Å²) in [6.45, 7) is 5.87. The van der Waals surface area contributed by atoms with Crippen LogP contribution in [-0.2, 0) is 9.53 Å². The smallest absolute Gasteiger partial charge is 0.407 e. The van der Waals surface area contributed by atoms with Crippen LogP contribution in [0.1, 0.15) is 40.0 Å². The van der Waals surface area contributed by atoms with Gasteiger partial charge in [-0.2, -0.15) is 0 Å². The molecule has 0 aromatic rings. The molecule has 0 unspecified atom stereocenters. The molecule has 0 aliphatic heterocycles. The molecule has 0 heterocycles. The largest absolute Gasteiger partial charge is 0.444 e. The molecule has 1 atom stereocenters. The van der Waals surface area contributed by atoms with Crippen molar-refractivity contribution in [3.63, 3.8) is 0 Å². The van der Waals surface area contributed by atoms with Gasteiger partial charge in [-0.15, -0.1) is 11.6 Å².